The minimum atomic E-state index is -3.05. The summed E-state index contributed by atoms with van der Waals surface area (Å²) in [5.74, 6) is 0.518. The van der Waals surface area contributed by atoms with Crippen LogP contribution in [0.3, 0.4) is 0 Å². The molecule has 0 spiro atoms. The second-order valence-corrected chi connectivity index (χ2v) is 8.97. The van der Waals surface area contributed by atoms with Crippen molar-refractivity contribution in [3.05, 3.63) is 17.8 Å². The minimum absolute atomic E-state index is 0.00117. The van der Waals surface area contributed by atoms with Crippen molar-refractivity contribution < 1.29 is 18.0 Å². The topological polar surface area (TPSA) is 104 Å². The lowest BCUT2D eigenvalue weighted by Crippen LogP contribution is -2.48. The van der Waals surface area contributed by atoms with E-state index in [2.05, 4.69) is 10.2 Å². The number of nitrogens with zero attached hydrogens (tertiary/aromatic N) is 5. The SMILES string of the molecule is CC(=O)N1CCN(c2ccc(C(=O)N(C)C3CCS(=O)(=O)C3)nn2)CC1. The highest BCUT2D eigenvalue weighted by molar-refractivity contribution is 7.91. The molecule has 10 heteroatoms. The van der Waals surface area contributed by atoms with Crippen molar-refractivity contribution in [1.82, 2.24) is 20.0 Å². The number of hydrogen-bond donors (Lipinski definition) is 0. The van der Waals surface area contributed by atoms with Crippen LogP contribution < -0.4 is 4.90 Å². The van der Waals surface area contributed by atoms with E-state index in [4.69, 9.17) is 0 Å². The van der Waals surface area contributed by atoms with E-state index < -0.39 is 9.84 Å². The first-order valence-corrected chi connectivity index (χ1v) is 10.4. The van der Waals surface area contributed by atoms with Gasteiger partial charge >= 0.3 is 0 Å². The molecule has 0 radical (unpaired) electrons. The molecular formula is C16H23N5O4S. The molecule has 0 N–H and O–H groups in total. The molecule has 2 aliphatic rings. The van der Waals surface area contributed by atoms with Crippen LogP contribution >= 0.6 is 0 Å². The van der Waals surface area contributed by atoms with Crippen LogP contribution in [0.1, 0.15) is 23.8 Å². The summed E-state index contributed by atoms with van der Waals surface area (Å²) in [5.41, 5.74) is 0.197. The van der Waals surface area contributed by atoms with E-state index in [1.807, 2.05) is 4.90 Å². The minimum Gasteiger partial charge on any atom is -0.352 e. The predicted octanol–water partition coefficient (Wildman–Crippen LogP) is -0.596. The summed E-state index contributed by atoms with van der Waals surface area (Å²) < 4.78 is 23.2. The Labute approximate surface area is 152 Å². The van der Waals surface area contributed by atoms with Gasteiger partial charge in [0.1, 0.15) is 0 Å². The maximum Gasteiger partial charge on any atom is 0.274 e. The Morgan fingerprint density at radius 1 is 1.15 bits per heavy atom. The molecule has 1 atom stereocenters. The van der Waals surface area contributed by atoms with Gasteiger partial charge in [0.15, 0.2) is 21.3 Å². The number of amides is 2. The van der Waals surface area contributed by atoms with E-state index >= 15 is 0 Å². The van der Waals surface area contributed by atoms with Crippen molar-refractivity contribution in [3.8, 4) is 0 Å². The van der Waals surface area contributed by atoms with Gasteiger partial charge in [-0.3, -0.25) is 9.59 Å². The fourth-order valence-electron chi connectivity index (χ4n) is 3.29. The molecule has 1 unspecified atom stereocenters. The number of sulfone groups is 1. The third kappa shape index (κ3) is 3.95. The molecule has 2 fully saturated rings. The van der Waals surface area contributed by atoms with E-state index in [0.29, 0.717) is 38.4 Å². The Hall–Kier alpha value is -2.23. The van der Waals surface area contributed by atoms with E-state index in [1.54, 1.807) is 31.0 Å². The van der Waals surface area contributed by atoms with Crippen LogP contribution in [0.15, 0.2) is 12.1 Å². The zero-order chi connectivity index (χ0) is 18.9. The van der Waals surface area contributed by atoms with Gasteiger partial charge in [-0.05, 0) is 18.6 Å². The zero-order valence-corrected chi connectivity index (χ0v) is 15.8. The van der Waals surface area contributed by atoms with Crippen LogP contribution in [0.25, 0.3) is 0 Å². The summed E-state index contributed by atoms with van der Waals surface area (Å²) in [6, 6.07) is 3.04. The molecular weight excluding hydrogens is 358 g/mol. The predicted molar refractivity (Wildman–Crippen MR) is 95.7 cm³/mol. The molecule has 0 aromatic carbocycles. The first-order chi connectivity index (χ1) is 12.3. The number of piperazine rings is 1. The number of rotatable bonds is 3. The Morgan fingerprint density at radius 2 is 1.85 bits per heavy atom. The van der Waals surface area contributed by atoms with Gasteiger partial charge in [0.25, 0.3) is 5.91 Å². The number of aromatic nitrogens is 2. The highest BCUT2D eigenvalue weighted by Gasteiger charge is 2.33. The number of carbonyl (C=O) groups excluding carboxylic acids is 2. The van der Waals surface area contributed by atoms with Crippen LogP contribution in [-0.2, 0) is 14.6 Å². The molecule has 142 valence electrons. The van der Waals surface area contributed by atoms with Gasteiger partial charge in [0.05, 0.1) is 11.5 Å². The first kappa shape index (κ1) is 18.6. The summed E-state index contributed by atoms with van der Waals surface area (Å²) in [7, 11) is -1.45. The number of hydrogen-bond acceptors (Lipinski definition) is 7. The van der Waals surface area contributed by atoms with E-state index in [9.17, 15) is 18.0 Å². The third-order valence-electron chi connectivity index (χ3n) is 5.00. The largest absolute Gasteiger partial charge is 0.352 e. The molecule has 0 bridgehead atoms. The van der Waals surface area contributed by atoms with Crippen molar-refractivity contribution in [3.63, 3.8) is 0 Å². The quantitative estimate of drug-likeness (QED) is 0.689. The highest BCUT2D eigenvalue weighted by Crippen LogP contribution is 2.19. The second-order valence-electron chi connectivity index (χ2n) is 6.74. The maximum atomic E-state index is 12.5. The molecule has 3 rings (SSSR count). The van der Waals surface area contributed by atoms with Crippen LogP contribution in [0.4, 0.5) is 5.82 Å². The fourth-order valence-corrected chi connectivity index (χ4v) is 5.06. The monoisotopic (exact) mass is 381 g/mol. The average molecular weight is 381 g/mol. The van der Waals surface area contributed by atoms with Gasteiger partial charge in [-0.2, -0.15) is 0 Å². The first-order valence-electron chi connectivity index (χ1n) is 8.58. The number of anilines is 1. The summed E-state index contributed by atoms with van der Waals surface area (Å²) in [4.78, 5) is 29.1. The second kappa shape index (κ2) is 7.18. The van der Waals surface area contributed by atoms with Gasteiger partial charge in [0, 0.05) is 46.2 Å². The molecule has 2 aliphatic heterocycles. The molecule has 0 aliphatic carbocycles. The van der Waals surface area contributed by atoms with Crippen LogP contribution in [-0.4, -0.2) is 91.0 Å². The summed E-state index contributed by atoms with van der Waals surface area (Å²) >= 11 is 0. The van der Waals surface area contributed by atoms with Crippen molar-refractivity contribution >= 4 is 27.5 Å². The Kier molecular flexibility index (Phi) is 5.12. The van der Waals surface area contributed by atoms with Crippen molar-refractivity contribution in [2.24, 2.45) is 0 Å². The van der Waals surface area contributed by atoms with Crippen molar-refractivity contribution in [2.45, 2.75) is 19.4 Å². The van der Waals surface area contributed by atoms with Crippen molar-refractivity contribution in [2.75, 3.05) is 49.6 Å². The van der Waals surface area contributed by atoms with E-state index in [0.717, 1.165) is 0 Å². The van der Waals surface area contributed by atoms with Crippen LogP contribution in [0, 0.1) is 0 Å². The lowest BCUT2D eigenvalue weighted by molar-refractivity contribution is -0.129. The number of carbonyl (C=O) groups is 2. The zero-order valence-electron chi connectivity index (χ0n) is 15.0. The lowest BCUT2D eigenvalue weighted by atomic mass is 10.2. The Bertz CT molecular complexity index is 787. The molecule has 2 amide bonds. The summed E-state index contributed by atoms with van der Waals surface area (Å²) in [6.45, 7) is 4.16. The average Bonchev–Trinajstić information content (AvgIpc) is 3.00. The Balaban J connectivity index is 1.62. The molecule has 26 heavy (non-hydrogen) atoms. The van der Waals surface area contributed by atoms with Gasteiger partial charge in [-0.1, -0.05) is 0 Å². The van der Waals surface area contributed by atoms with Gasteiger partial charge in [0.2, 0.25) is 5.91 Å². The fraction of sp³-hybridized carbons (Fsp3) is 0.625. The molecule has 1 aromatic rings. The molecule has 0 saturated carbocycles. The smallest absolute Gasteiger partial charge is 0.274 e. The summed E-state index contributed by atoms with van der Waals surface area (Å²) in [5, 5.41) is 8.16. The highest BCUT2D eigenvalue weighted by atomic mass is 32.2. The standard InChI is InChI=1S/C16H23N5O4S/c1-12(22)20-6-8-21(9-7-20)15-4-3-14(17-18-15)16(23)19(2)13-5-10-26(24,25)11-13/h3-4,13H,5-11H2,1-2H3. The normalized spacial score (nSPS) is 22.3. The van der Waals surface area contributed by atoms with Crippen LogP contribution in [0.2, 0.25) is 0 Å². The maximum absolute atomic E-state index is 12.5. The van der Waals surface area contributed by atoms with Gasteiger partial charge in [-0.15, -0.1) is 10.2 Å². The van der Waals surface area contributed by atoms with Gasteiger partial charge < -0.3 is 14.7 Å². The third-order valence-corrected chi connectivity index (χ3v) is 6.75. The molecule has 1 aromatic heterocycles. The lowest BCUT2D eigenvalue weighted by Gasteiger charge is -2.34. The van der Waals surface area contributed by atoms with E-state index in [1.165, 1.54) is 4.90 Å². The van der Waals surface area contributed by atoms with Crippen molar-refractivity contribution in [1.29, 1.82) is 0 Å². The summed E-state index contributed by atoms with van der Waals surface area (Å²) in [6.07, 6.45) is 0.455. The van der Waals surface area contributed by atoms with E-state index in [-0.39, 0.29) is 35.1 Å². The Morgan fingerprint density at radius 3 is 2.35 bits per heavy atom. The van der Waals surface area contributed by atoms with Gasteiger partial charge in [-0.25, -0.2) is 8.42 Å². The molecule has 9 nitrogen and oxygen atoms in total. The molecule has 3 heterocycles. The molecule has 2 saturated heterocycles. The van der Waals surface area contributed by atoms with Crippen LogP contribution in [0.5, 0.6) is 0 Å².